The van der Waals surface area contributed by atoms with Gasteiger partial charge in [0.25, 0.3) is 5.91 Å². The number of carbonyl (C=O) groups excluding carboxylic acids is 1. The largest absolute Gasteiger partial charge is 0.371 e. The zero-order valence-electron chi connectivity index (χ0n) is 22.1. The number of hydrogen-bond donors (Lipinski definition) is 1. The van der Waals surface area contributed by atoms with Crippen LogP contribution in [0.15, 0.2) is 67.0 Å². The van der Waals surface area contributed by atoms with E-state index in [2.05, 4.69) is 63.0 Å². The van der Waals surface area contributed by atoms with E-state index < -0.39 is 0 Å². The predicted molar refractivity (Wildman–Crippen MR) is 150 cm³/mol. The molecule has 2 aromatic heterocycles. The van der Waals surface area contributed by atoms with E-state index in [1.54, 1.807) is 19.0 Å². The quantitative estimate of drug-likeness (QED) is 0.407. The predicted octanol–water partition coefficient (Wildman–Crippen LogP) is 4.46. The van der Waals surface area contributed by atoms with Gasteiger partial charge < -0.3 is 24.6 Å². The van der Waals surface area contributed by atoms with Crippen molar-refractivity contribution in [2.24, 2.45) is 0 Å². The van der Waals surface area contributed by atoms with Gasteiger partial charge in [-0.05, 0) is 68.9 Å². The number of rotatable bonds is 7. The monoisotopic (exact) mass is 497 g/mol. The van der Waals surface area contributed by atoms with E-state index in [0.29, 0.717) is 24.1 Å². The Hall–Kier alpha value is -3.91. The molecule has 37 heavy (non-hydrogen) atoms. The molecule has 0 spiro atoms. The van der Waals surface area contributed by atoms with Crippen LogP contribution in [0.25, 0.3) is 11.0 Å². The number of amides is 1. The van der Waals surface area contributed by atoms with Gasteiger partial charge in [0.05, 0.1) is 0 Å². The molecule has 1 aliphatic rings. The summed E-state index contributed by atoms with van der Waals surface area (Å²) in [5.41, 5.74) is 4.68. The zero-order chi connectivity index (χ0) is 25.9. The van der Waals surface area contributed by atoms with Crippen molar-refractivity contribution in [3.63, 3.8) is 0 Å². The zero-order valence-corrected chi connectivity index (χ0v) is 22.1. The van der Waals surface area contributed by atoms with Gasteiger partial charge in [-0.15, -0.1) is 0 Å². The van der Waals surface area contributed by atoms with Gasteiger partial charge in [0.15, 0.2) is 0 Å². The summed E-state index contributed by atoms with van der Waals surface area (Å²) in [4.78, 5) is 28.4. The average Bonchev–Trinajstić information content (AvgIpc) is 3.31. The second-order valence-electron chi connectivity index (χ2n) is 10.1. The summed E-state index contributed by atoms with van der Waals surface area (Å²) in [7, 11) is 7.88. The molecule has 2 aromatic carbocycles. The van der Waals surface area contributed by atoms with Crippen LogP contribution in [0.1, 0.15) is 28.8 Å². The van der Waals surface area contributed by atoms with Crippen molar-refractivity contribution in [1.82, 2.24) is 24.3 Å². The van der Waals surface area contributed by atoms with Crippen molar-refractivity contribution in [3.05, 3.63) is 78.1 Å². The van der Waals surface area contributed by atoms with Crippen LogP contribution in [0.3, 0.4) is 0 Å². The molecule has 0 aliphatic carbocycles. The summed E-state index contributed by atoms with van der Waals surface area (Å²) in [6.45, 7) is 2.71. The van der Waals surface area contributed by atoms with Crippen molar-refractivity contribution < 1.29 is 4.79 Å². The lowest BCUT2D eigenvalue weighted by Crippen LogP contribution is -2.41. The summed E-state index contributed by atoms with van der Waals surface area (Å²) in [6, 6.07) is 18.9. The third-order valence-electron chi connectivity index (χ3n) is 7.18. The van der Waals surface area contributed by atoms with E-state index in [1.165, 1.54) is 18.5 Å². The molecule has 0 atom stereocenters. The van der Waals surface area contributed by atoms with Crippen molar-refractivity contribution in [3.8, 4) is 0 Å². The van der Waals surface area contributed by atoms with Crippen LogP contribution < -0.4 is 10.2 Å². The number of fused-ring (bicyclic) bond motifs is 1. The number of nitrogens with one attached hydrogen (secondary N) is 1. The number of aromatic nitrogens is 3. The molecular formula is C29H35N7O. The first-order valence-corrected chi connectivity index (χ1v) is 12.8. The Morgan fingerprint density at radius 1 is 1.00 bits per heavy atom. The lowest BCUT2D eigenvalue weighted by molar-refractivity contribution is 0.0826. The molecule has 0 radical (unpaired) electrons. The number of hydrogen-bond acceptors (Lipinski definition) is 6. The highest BCUT2D eigenvalue weighted by molar-refractivity contribution is 5.95. The third kappa shape index (κ3) is 5.44. The molecular weight excluding hydrogens is 462 g/mol. The van der Waals surface area contributed by atoms with Crippen LogP contribution in [0.5, 0.6) is 0 Å². The molecule has 1 fully saturated rings. The lowest BCUT2D eigenvalue weighted by Gasteiger charge is -2.36. The molecule has 1 amide bonds. The van der Waals surface area contributed by atoms with Gasteiger partial charge in [-0.3, -0.25) is 4.79 Å². The van der Waals surface area contributed by atoms with Crippen LogP contribution in [-0.4, -0.2) is 77.6 Å². The van der Waals surface area contributed by atoms with E-state index in [-0.39, 0.29) is 5.91 Å². The summed E-state index contributed by atoms with van der Waals surface area (Å²) in [5.74, 6) is 0.541. The summed E-state index contributed by atoms with van der Waals surface area (Å²) in [6.07, 6.45) is 6.21. The molecule has 8 nitrogen and oxygen atoms in total. The SMILES string of the molecule is CN(C)C(=O)c1ccccc1Cn1ccc2cnc(Nc3ccc(N4CCC(N(C)C)CC4)cc3)nc21. The highest BCUT2D eigenvalue weighted by Crippen LogP contribution is 2.25. The van der Waals surface area contributed by atoms with Gasteiger partial charge in [-0.1, -0.05) is 18.2 Å². The number of nitrogens with zero attached hydrogens (tertiary/aromatic N) is 6. The molecule has 1 aliphatic heterocycles. The Balaban J connectivity index is 1.31. The van der Waals surface area contributed by atoms with Gasteiger partial charge in [0.1, 0.15) is 5.65 Å². The van der Waals surface area contributed by atoms with E-state index >= 15 is 0 Å². The van der Waals surface area contributed by atoms with Gasteiger partial charge in [0, 0.05) is 74.5 Å². The summed E-state index contributed by atoms with van der Waals surface area (Å²) in [5, 5.41) is 4.31. The van der Waals surface area contributed by atoms with Gasteiger partial charge in [0.2, 0.25) is 5.95 Å². The summed E-state index contributed by atoms with van der Waals surface area (Å²) < 4.78 is 2.06. The van der Waals surface area contributed by atoms with Crippen LogP contribution >= 0.6 is 0 Å². The maximum Gasteiger partial charge on any atom is 0.253 e. The molecule has 0 saturated carbocycles. The summed E-state index contributed by atoms with van der Waals surface area (Å²) >= 11 is 0. The Morgan fingerprint density at radius 2 is 1.73 bits per heavy atom. The highest BCUT2D eigenvalue weighted by Gasteiger charge is 2.20. The normalized spacial score (nSPS) is 14.4. The third-order valence-corrected chi connectivity index (χ3v) is 7.18. The van der Waals surface area contributed by atoms with Gasteiger partial charge >= 0.3 is 0 Å². The molecule has 0 bridgehead atoms. The van der Waals surface area contributed by atoms with E-state index in [4.69, 9.17) is 4.98 Å². The van der Waals surface area contributed by atoms with Crippen LogP contribution in [0.4, 0.5) is 17.3 Å². The van der Waals surface area contributed by atoms with Crippen molar-refractivity contribution in [1.29, 1.82) is 0 Å². The van der Waals surface area contributed by atoms with E-state index in [9.17, 15) is 4.79 Å². The first kappa shape index (κ1) is 24.8. The van der Waals surface area contributed by atoms with Crippen molar-refractivity contribution >= 4 is 34.3 Å². The fourth-order valence-corrected chi connectivity index (χ4v) is 4.97. The second-order valence-corrected chi connectivity index (χ2v) is 10.1. The van der Waals surface area contributed by atoms with Crippen molar-refractivity contribution in [2.45, 2.75) is 25.4 Å². The van der Waals surface area contributed by atoms with Crippen LogP contribution in [0, 0.1) is 0 Å². The van der Waals surface area contributed by atoms with E-state index in [0.717, 1.165) is 35.4 Å². The average molecular weight is 498 g/mol. The second kappa shape index (κ2) is 10.6. The fourth-order valence-electron chi connectivity index (χ4n) is 4.97. The smallest absolute Gasteiger partial charge is 0.253 e. The lowest BCUT2D eigenvalue weighted by atomic mass is 10.0. The maximum atomic E-state index is 12.7. The van der Waals surface area contributed by atoms with E-state index in [1.807, 2.05) is 42.7 Å². The first-order chi connectivity index (χ1) is 17.9. The number of benzene rings is 2. The standard InChI is InChI=1S/C29H35N7O/c1-33(2)24-14-17-35(18-15-24)25-11-9-23(10-12-25)31-29-30-19-21-13-16-36(27(21)32-29)20-22-7-5-6-8-26(22)28(37)34(3)4/h5-13,16,19,24H,14-15,17-18,20H2,1-4H3,(H,30,31,32). The topological polar surface area (TPSA) is 69.5 Å². The number of anilines is 3. The minimum absolute atomic E-state index is 0.00504. The Bertz CT molecular complexity index is 1370. The molecule has 1 N–H and O–H groups in total. The Labute approximate surface area is 218 Å². The minimum atomic E-state index is -0.00504. The molecule has 5 rings (SSSR count). The number of carbonyl (C=O) groups is 1. The molecule has 1 saturated heterocycles. The van der Waals surface area contributed by atoms with Gasteiger partial charge in [-0.2, -0.15) is 4.98 Å². The molecule has 192 valence electrons. The Morgan fingerprint density at radius 3 is 2.43 bits per heavy atom. The molecule has 8 heteroatoms. The van der Waals surface area contributed by atoms with Gasteiger partial charge in [-0.25, -0.2) is 4.98 Å². The molecule has 3 heterocycles. The first-order valence-electron chi connectivity index (χ1n) is 12.8. The molecule has 0 unspecified atom stereocenters. The van der Waals surface area contributed by atoms with Crippen LogP contribution in [-0.2, 0) is 6.54 Å². The van der Waals surface area contributed by atoms with Crippen molar-refractivity contribution in [2.75, 3.05) is 51.5 Å². The fraction of sp³-hybridized carbons (Fsp3) is 0.345. The Kier molecular flexibility index (Phi) is 7.10. The number of piperidine rings is 1. The maximum absolute atomic E-state index is 12.7. The minimum Gasteiger partial charge on any atom is -0.371 e. The molecule has 4 aromatic rings. The highest BCUT2D eigenvalue weighted by atomic mass is 16.2. The van der Waals surface area contributed by atoms with Crippen LogP contribution in [0.2, 0.25) is 0 Å².